The Morgan fingerprint density at radius 1 is 1.07 bits per heavy atom. The Morgan fingerprint density at radius 2 is 1.82 bits per heavy atom. The molecule has 2 aromatic rings. The third-order valence-corrected chi connectivity index (χ3v) is 5.28. The zero-order valence-electron chi connectivity index (χ0n) is 16.0. The lowest BCUT2D eigenvalue weighted by atomic mass is 10.0. The molecule has 1 atom stereocenters. The van der Waals surface area contributed by atoms with Gasteiger partial charge in [-0.2, -0.15) is 0 Å². The Balaban J connectivity index is 1.48. The highest BCUT2D eigenvalue weighted by atomic mass is 16.7. The fourth-order valence-electron chi connectivity index (χ4n) is 3.76. The van der Waals surface area contributed by atoms with E-state index in [2.05, 4.69) is 39.4 Å². The Labute approximate surface area is 164 Å². The van der Waals surface area contributed by atoms with Crippen molar-refractivity contribution in [3.63, 3.8) is 0 Å². The van der Waals surface area contributed by atoms with Gasteiger partial charge in [0.05, 0.1) is 13.2 Å². The zero-order valence-corrected chi connectivity index (χ0v) is 16.0. The number of piperazine rings is 1. The molecule has 2 aromatic carbocycles. The molecule has 2 aliphatic heterocycles. The van der Waals surface area contributed by atoms with Crippen LogP contribution in [0.4, 0.5) is 10.5 Å². The molecule has 0 saturated carbocycles. The van der Waals surface area contributed by atoms with Gasteiger partial charge >= 0.3 is 6.09 Å². The van der Waals surface area contributed by atoms with E-state index in [4.69, 9.17) is 14.2 Å². The smallest absolute Gasteiger partial charge is 0.406 e. The van der Waals surface area contributed by atoms with E-state index in [9.17, 15) is 4.79 Å². The number of carbonyl (C=O) groups is 1. The van der Waals surface area contributed by atoms with E-state index in [0.717, 1.165) is 43.2 Å². The molecule has 1 saturated heterocycles. The number of anilines is 1. The first-order valence-electron chi connectivity index (χ1n) is 9.50. The molecule has 1 N–H and O–H groups in total. The van der Waals surface area contributed by atoms with Gasteiger partial charge in [0.2, 0.25) is 6.79 Å². The molecule has 0 aliphatic carbocycles. The van der Waals surface area contributed by atoms with Gasteiger partial charge in [0.1, 0.15) is 0 Å². The van der Waals surface area contributed by atoms with Gasteiger partial charge in [0.15, 0.2) is 11.5 Å². The fraction of sp³-hybridized carbons (Fsp3) is 0.381. The monoisotopic (exact) mass is 383 g/mol. The van der Waals surface area contributed by atoms with Crippen molar-refractivity contribution in [2.24, 2.45) is 0 Å². The predicted octanol–water partition coefficient (Wildman–Crippen LogP) is 2.63. The van der Waals surface area contributed by atoms with E-state index in [-0.39, 0.29) is 12.8 Å². The number of benzene rings is 2. The lowest BCUT2D eigenvalue weighted by molar-refractivity contribution is 0.154. The van der Waals surface area contributed by atoms with E-state index >= 15 is 0 Å². The molecule has 2 heterocycles. The van der Waals surface area contributed by atoms with Crippen molar-refractivity contribution in [2.75, 3.05) is 51.5 Å². The average molecular weight is 383 g/mol. The molecular weight excluding hydrogens is 358 g/mol. The van der Waals surface area contributed by atoms with Crippen LogP contribution in [0, 0.1) is 0 Å². The maximum absolute atomic E-state index is 11.6. The quantitative estimate of drug-likeness (QED) is 0.857. The largest absolute Gasteiger partial charge is 0.454 e. The predicted molar refractivity (Wildman–Crippen MR) is 106 cm³/mol. The molecule has 0 spiro atoms. The summed E-state index contributed by atoms with van der Waals surface area (Å²) in [5.41, 5.74) is 2.34. The summed E-state index contributed by atoms with van der Waals surface area (Å²) in [6.45, 7) is 4.39. The molecular formula is C21H25N3O4. The van der Waals surface area contributed by atoms with Crippen LogP contribution >= 0.6 is 0 Å². The van der Waals surface area contributed by atoms with E-state index in [1.807, 2.05) is 24.3 Å². The SMILES string of the molecule is COC(=O)NC[C@@H](c1ccc2c(c1)OCO2)N1CCN(c2ccccc2)CC1. The minimum atomic E-state index is -0.423. The molecule has 1 amide bonds. The van der Waals surface area contributed by atoms with Crippen LogP contribution in [0.5, 0.6) is 11.5 Å². The molecule has 0 radical (unpaired) electrons. The number of hydrogen-bond donors (Lipinski definition) is 1. The van der Waals surface area contributed by atoms with Gasteiger partial charge in [0.25, 0.3) is 0 Å². The highest BCUT2D eigenvalue weighted by molar-refractivity contribution is 5.67. The Kier molecular flexibility index (Phi) is 5.53. The van der Waals surface area contributed by atoms with Crippen molar-refractivity contribution in [3.8, 4) is 11.5 Å². The Morgan fingerprint density at radius 3 is 2.57 bits per heavy atom. The summed E-state index contributed by atoms with van der Waals surface area (Å²) in [5, 5.41) is 2.85. The van der Waals surface area contributed by atoms with Gasteiger partial charge in [-0.15, -0.1) is 0 Å². The van der Waals surface area contributed by atoms with Gasteiger partial charge in [0, 0.05) is 38.4 Å². The molecule has 0 aromatic heterocycles. The number of carbonyl (C=O) groups excluding carboxylic acids is 1. The number of para-hydroxylation sites is 1. The maximum Gasteiger partial charge on any atom is 0.406 e. The van der Waals surface area contributed by atoms with E-state index in [1.54, 1.807) is 0 Å². The summed E-state index contributed by atoms with van der Waals surface area (Å²) in [7, 11) is 1.38. The van der Waals surface area contributed by atoms with Crippen LogP contribution in [0.25, 0.3) is 0 Å². The van der Waals surface area contributed by atoms with Crippen molar-refractivity contribution in [1.29, 1.82) is 0 Å². The third-order valence-electron chi connectivity index (χ3n) is 5.28. The molecule has 4 rings (SSSR count). The normalized spacial score (nSPS) is 17.2. The molecule has 148 valence electrons. The van der Waals surface area contributed by atoms with Crippen LogP contribution in [0.15, 0.2) is 48.5 Å². The van der Waals surface area contributed by atoms with Crippen LogP contribution in [0.2, 0.25) is 0 Å². The Hall–Kier alpha value is -2.93. The van der Waals surface area contributed by atoms with Crippen molar-refractivity contribution in [3.05, 3.63) is 54.1 Å². The number of alkyl carbamates (subject to hydrolysis) is 1. The minimum Gasteiger partial charge on any atom is -0.454 e. The first-order valence-corrected chi connectivity index (χ1v) is 9.50. The van der Waals surface area contributed by atoms with E-state index in [1.165, 1.54) is 12.8 Å². The number of fused-ring (bicyclic) bond motifs is 1. The number of amides is 1. The highest BCUT2D eigenvalue weighted by Gasteiger charge is 2.27. The molecule has 28 heavy (non-hydrogen) atoms. The summed E-state index contributed by atoms with van der Waals surface area (Å²) in [5.74, 6) is 1.51. The number of methoxy groups -OCH3 is 1. The van der Waals surface area contributed by atoms with Crippen molar-refractivity contribution >= 4 is 11.8 Å². The molecule has 2 aliphatic rings. The van der Waals surface area contributed by atoms with Crippen LogP contribution in [0.1, 0.15) is 11.6 Å². The summed E-state index contributed by atoms with van der Waals surface area (Å²) in [4.78, 5) is 16.4. The first kappa shape index (κ1) is 18.4. The lowest BCUT2D eigenvalue weighted by Crippen LogP contribution is -2.49. The van der Waals surface area contributed by atoms with Crippen LogP contribution in [-0.2, 0) is 4.74 Å². The second-order valence-electron chi connectivity index (χ2n) is 6.86. The van der Waals surface area contributed by atoms with E-state index in [0.29, 0.717) is 6.54 Å². The average Bonchev–Trinajstić information content (AvgIpc) is 3.23. The molecule has 7 nitrogen and oxygen atoms in total. The molecule has 1 fully saturated rings. The number of rotatable bonds is 5. The number of ether oxygens (including phenoxy) is 3. The maximum atomic E-state index is 11.6. The van der Waals surface area contributed by atoms with Crippen molar-refractivity contribution < 1.29 is 19.0 Å². The van der Waals surface area contributed by atoms with Gasteiger partial charge in [-0.1, -0.05) is 24.3 Å². The van der Waals surface area contributed by atoms with Crippen LogP contribution in [0.3, 0.4) is 0 Å². The Bertz CT molecular complexity index is 807. The minimum absolute atomic E-state index is 0.0338. The van der Waals surface area contributed by atoms with Crippen LogP contribution in [-0.4, -0.2) is 57.6 Å². The second kappa shape index (κ2) is 8.39. The number of nitrogens with one attached hydrogen (secondary N) is 1. The summed E-state index contributed by atoms with van der Waals surface area (Å²) >= 11 is 0. The lowest BCUT2D eigenvalue weighted by Gasteiger charge is -2.40. The summed E-state index contributed by atoms with van der Waals surface area (Å²) in [6, 6.07) is 16.5. The third kappa shape index (κ3) is 3.99. The van der Waals surface area contributed by atoms with Crippen LogP contribution < -0.4 is 19.7 Å². The standard InChI is InChI=1S/C21H25N3O4/c1-26-21(25)22-14-18(16-7-8-19-20(13-16)28-15-27-19)24-11-9-23(10-12-24)17-5-3-2-4-6-17/h2-8,13,18H,9-12,14-15H2,1H3,(H,22,25)/t18-/m0/s1. The molecule has 0 bridgehead atoms. The van der Waals surface area contributed by atoms with Gasteiger partial charge in [-0.25, -0.2) is 4.79 Å². The van der Waals surface area contributed by atoms with Gasteiger partial charge < -0.3 is 24.4 Å². The van der Waals surface area contributed by atoms with Crippen molar-refractivity contribution in [2.45, 2.75) is 6.04 Å². The first-order chi connectivity index (χ1) is 13.7. The van der Waals surface area contributed by atoms with Gasteiger partial charge in [-0.3, -0.25) is 4.90 Å². The molecule has 7 heteroatoms. The van der Waals surface area contributed by atoms with E-state index < -0.39 is 6.09 Å². The topological polar surface area (TPSA) is 63.3 Å². The zero-order chi connectivity index (χ0) is 19.3. The number of nitrogens with zero attached hydrogens (tertiary/aromatic N) is 2. The summed E-state index contributed by atoms with van der Waals surface area (Å²) in [6.07, 6.45) is -0.423. The van der Waals surface area contributed by atoms with Gasteiger partial charge in [-0.05, 0) is 29.8 Å². The summed E-state index contributed by atoms with van der Waals surface area (Å²) < 4.78 is 15.7. The molecule has 0 unspecified atom stereocenters. The second-order valence-corrected chi connectivity index (χ2v) is 6.86. The fourth-order valence-corrected chi connectivity index (χ4v) is 3.76. The highest BCUT2D eigenvalue weighted by Crippen LogP contribution is 2.35. The number of hydrogen-bond acceptors (Lipinski definition) is 6. The van der Waals surface area contributed by atoms with Crippen molar-refractivity contribution in [1.82, 2.24) is 10.2 Å².